The zero-order valence-corrected chi connectivity index (χ0v) is 20.4. The van der Waals surface area contributed by atoms with E-state index in [0.717, 1.165) is 12.0 Å². The van der Waals surface area contributed by atoms with Gasteiger partial charge in [-0.1, -0.05) is 0 Å². The van der Waals surface area contributed by atoms with Crippen LogP contribution in [-0.4, -0.2) is 79.6 Å². The molecule has 192 valence electrons. The number of hydrogen-bond acceptors (Lipinski definition) is 12. The van der Waals surface area contributed by atoms with Gasteiger partial charge in [0.1, 0.15) is 17.6 Å². The summed E-state index contributed by atoms with van der Waals surface area (Å²) in [6.45, 7) is 3.68. The highest BCUT2D eigenvalue weighted by Gasteiger charge is 2.62. The van der Waals surface area contributed by atoms with E-state index in [9.17, 15) is 29.0 Å². The van der Waals surface area contributed by atoms with Gasteiger partial charge in [0.15, 0.2) is 18.1 Å². The molecule has 0 unspecified atom stereocenters. The third-order valence-electron chi connectivity index (χ3n) is 5.43. The van der Waals surface area contributed by atoms with Gasteiger partial charge in [-0.3, -0.25) is 28.1 Å². The van der Waals surface area contributed by atoms with E-state index < -0.39 is 68.4 Å². The maximum atomic E-state index is 13.2. The Morgan fingerprint density at radius 2 is 2.11 bits per heavy atom. The maximum absolute atomic E-state index is 13.2. The average Bonchev–Trinajstić information content (AvgIpc) is 3.08. The molecule has 15 heteroatoms. The van der Waals surface area contributed by atoms with E-state index in [-0.39, 0.29) is 18.8 Å². The van der Waals surface area contributed by atoms with E-state index >= 15 is 0 Å². The summed E-state index contributed by atoms with van der Waals surface area (Å²) in [5.41, 5.74) is -1.52. The third-order valence-corrected chi connectivity index (χ3v) is 6.84. The Morgan fingerprint density at radius 1 is 1.40 bits per heavy atom. The van der Waals surface area contributed by atoms with Crippen LogP contribution in [0.4, 0.5) is 4.79 Å². The van der Waals surface area contributed by atoms with Crippen LogP contribution in [0.5, 0.6) is 0 Å². The smallest absolute Gasteiger partial charge is 0.461 e. The Morgan fingerprint density at radius 3 is 2.71 bits per heavy atom. The molecule has 0 spiro atoms. The Kier molecular flexibility index (Phi) is 7.98. The first-order valence-corrected chi connectivity index (χ1v) is 12.1. The predicted octanol–water partition coefficient (Wildman–Crippen LogP) is 0.773. The molecule has 0 radical (unpaired) electrons. The van der Waals surface area contributed by atoms with Crippen molar-refractivity contribution >= 4 is 31.6 Å². The fourth-order valence-corrected chi connectivity index (χ4v) is 5.18. The highest BCUT2D eigenvalue weighted by molar-refractivity contribution is 7.48. The second-order valence-corrected chi connectivity index (χ2v) is 10.0. The minimum Gasteiger partial charge on any atom is -0.461 e. The largest absolute Gasteiger partial charge is 0.475 e. The highest BCUT2D eigenvalue weighted by atomic mass is 31.2. The molecule has 3 rings (SSSR count). The van der Waals surface area contributed by atoms with Crippen molar-refractivity contribution < 1.29 is 51.5 Å². The van der Waals surface area contributed by atoms with Crippen LogP contribution in [0.1, 0.15) is 27.2 Å². The fourth-order valence-electron chi connectivity index (χ4n) is 3.69. The monoisotopic (exact) mass is 515 g/mol. The second-order valence-electron chi connectivity index (χ2n) is 8.42. The van der Waals surface area contributed by atoms with Gasteiger partial charge in [0.25, 0.3) is 0 Å². The Balaban J connectivity index is 1.75. The van der Waals surface area contributed by atoms with Crippen LogP contribution in [-0.2, 0) is 46.7 Å². The van der Waals surface area contributed by atoms with E-state index in [1.807, 2.05) is 0 Å². The number of carbonyl (C=O) groups is 4. The van der Waals surface area contributed by atoms with Crippen molar-refractivity contribution in [3.05, 3.63) is 12.3 Å². The number of rotatable bonds is 7. The number of hydrogen-bond donors (Lipinski definition) is 1. The number of phosphoric ester groups is 1. The van der Waals surface area contributed by atoms with E-state index in [2.05, 4.69) is 16.1 Å². The number of amides is 2. The molecule has 3 aliphatic heterocycles. The Bertz CT molecular complexity index is 1010. The number of ketones is 1. The number of nitrogens with one attached hydrogen (secondary N) is 1. The van der Waals surface area contributed by atoms with Gasteiger partial charge in [-0.15, -0.1) is 0 Å². The number of esters is 1. The topological polar surface area (TPSA) is 180 Å². The number of fused-ring (bicyclic) bond motifs is 1. The van der Waals surface area contributed by atoms with Crippen LogP contribution in [0.2, 0.25) is 0 Å². The van der Waals surface area contributed by atoms with Crippen LogP contribution < -0.4 is 5.32 Å². The van der Waals surface area contributed by atoms with Gasteiger partial charge in [0.05, 0.1) is 38.9 Å². The summed E-state index contributed by atoms with van der Waals surface area (Å²) in [4.78, 5) is 48.9. The van der Waals surface area contributed by atoms with Crippen molar-refractivity contribution in [1.82, 2.24) is 10.2 Å². The molecule has 2 fully saturated rings. The molecule has 0 aromatic heterocycles. The van der Waals surface area contributed by atoms with Gasteiger partial charge in [-0.2, -0.15) is 5.26 Å². The molecule has 3 heterocycles. The lowest BCUT2D eigenvalue weighted by atomic mass is 9.83. The Hall–Kier alpha value is -2.82. The number of phosphoric acid groups is 1. The molecule has 0 bridgehead atoms. The number of carbonyl (C=O) groups excluding carboxylic acids is 4. The zero-order chi connectivity index (χ0) is 26.0. The first-order chi connectivity index (χ1) is 16.4. The molecule has 1 N–H and O–H groups in total. The van der Waals surface area contributed by atoms with Gasteiger partial charge >= 0.3 is 19.9 Å². The summed E-state index contributed by atoms with van der Waals surface area (Å²) in [7, 11) is -3.26. The molecule has 0 saturated carbocycles. The number of nitriles is 1. The minimum atomic E-state index is -4.35. The van der Waals surface area contributed by atoms with E-state index in [1.165, 1.54) is 19.2 Å². The lowest BCUT2D eigenvalue weighted by Gasteiger charge is -2.36. The number of alkyl carbamates (subject to hydrolysis) is 1. The van der Waals surface area contributed by atoms with Crippen molar-refractivity contribution in [3.8, 4) is 6.07 Å². The molecule has 2 saturated heterocycles. The number of nitrogens with zero attached hydrogens (tertiary/aromatic N) is 2. The average molecular weight is 515 g/mol. The molecule has 35 heavy (non-hydrogen) atoms. The van der Waals surface area contributed by atoms with Gasteiger partial charge < -0.3 is 19.5 Å². The lowest BCUT2D eigenvalue weighted by Crippen LogP contribution is -2.49. The van der Waals surface area contributed by atoms with Crippen LogP contribution in [0.25, 0.3) is 0 Å². The standard InChI is InChI=1S/C20H26N3O11P/c1-11(2)32-17(26)13(22-19(27)29-4)8-30-35(28)31-9-14-16(34-35)20(3,10-21)18(33-14)23-6-5-12(24)7-15(23)25/h5-6,11,13-14,16,18H,7-9H2,1-4H3,(H,22,27)/t13-,14-,16-,18-,20-,35-/m1/s1. The maximum Gasteiger partial charge on any atom is 0.475 e. The molecule has 0 aromatic rings. The second kappa shape index (κ2) is 10.4. The van der Waals surface area contributed by atoms with E-state index in [4.69, 9.17) is 23.0 Å². The number of methoxy groups -OCH3 is 1. The summed E-state index contributed by atoms with van der Waals surface area (Å²) in [6, 6.07) is 0.653. The van der Waals surface area contributed by atoms with Crippen LogP contribution >= 0.6 is 7.82 Å². The third kappa shape index (κ3) is 5.71. The molecular weight excluding hydrogens is 489 g/mol. The van der Waals surface area contributed by atoms with Gasteiger partial charge in [-0.05, 0) is 26.8 Å². The summed E-state index contributed by atoms with van der Waals surface area (Å²) in [5, 5.41) is 12.2. The van der Waals surface area contributed by atoms with Crippen molar-refractivity contribution in [1.29, 1.82) is 5.26 Å². The summed E-state index contributed by atoms with van der Waals surface area (Å²) in [6.07, 6.45) is -2.60. The lowest BCUT2D eigenvalue weighted by molar-refractivity contribution is -0.151. The fraction of sp³-hybridized carbons (Fsp3) is 0.650. The van der Waals surface area contributed by atoms with Crippen LogP contribution in [0.3, 0.4) is 0 Å². The summed E-state index contributed by atoms with van der Waals surface area (Å²) in [5.74, 6) is -1.82. The Labute approximate surface area is 201 Å². The summed E-state index contributed by atoms with van der Waals surface area (Å²) < 4.78 is 44.7. The van der Waals surface area contributed by atoms with Gasteiger partial charge in [-0.25, -0.2) is 14.2 Å². The molecule has 0 aromatic carbocycles. The normalized spacial score (nSPS) is 33.1. The number of allylic oxidation sites excluding steroid dienone is 1. The van der Waals surface area contributed by atoms with Crippen molar-refractivity contribution in [2.45, 2.75) is 57.8 Å². The molecule has 6 atom stereocenters. The van der Waals surface area contributed by atoms with Crippen molar-refractivity contribution in [3.63, 3.8) is 0 Å². The number of ether oxygens (including phenoxy) is 3. The predicted molar refractivity (Wildman–Crippen MR) is 113 cm³/mol. The van der Waals surface area contributed by atoms with Gasteiger partial charge in [0, 0.05) is 6.20 Å². The molecule has 3 aliphatic rings. The summed E-state index contributed by atoms with van der Waals surface area (Å²) >= 11 is 0. The van der Waals surface area contributed by atoms with Crippen LogP contribution in [0, 0.1) is 16.7 Å². The van der Waals surface area contributed by atoms with Crippen molar-refractivity contribution in [2.75, 3.05) is 20.3 Å². The zero-order valence-electron chi connectivity index (χ0n) is 19.5. The van der Waals surface area contributed by atoms with E-state index in [0.29, 0.717) is 0 Å². The van der Waals surface area contributed by atoms with Crippen LogP contribution in [0.15, 0.2) is 12.3 Å². The first-order valence-electron chi connectivity index (χ1n) is 10.6. The molecule has 2 amide bonds. The SMILES string of the molecule is COC(=O)N[C@H](CO[P@]1(=O)OC[C@H]2O[C@@H](N3C=CC(=O)CC3=O)[C@](C)(C#N)[C@@H]2O1)C(=O)OC(C)C. The van der Waals surface area contributed by atoms with Gasteiger partial charge in [0.2, 0.25) is 5.91 Å². The molecule has 14 nitrogen and oxygen atoms in total. The highest BCUT2D eigenvalue weighted by Crippen LogP contribution is 2.59. The quantitative estimate of drug-likeness (QED) is 0.286. The van der Waals surface area contributed by atoms with E-state index in [1.54, 1.807) is 13.8 Å². The van der Waals surface area contributed by atoms with Crippen molar-refractivity contribution in [2.24, 2.45) is 5.41 Å². The molecule has 0 aliphatic carbocycles. The molecular formula is C20H26N3O11P. The minimum absolute atomic E-state index is 0.314. The first kappa shape index (κ1) is 26.8.